The first kappa shape index (κ1) is 22.2. The Morgan fingerprint density at radius 1 is 1.18 bits per heavy atom. The molecule has 1 aliphatic heterocycles. The van der Waals surface area contributed by atoms with Gasteiger partial charge in [-0.3, -0.25) is 14.4 Å². The smallest absolute Gasteiger partial charge is 0.326 e. The van der Waals surface area contributed by atoms with Crippen molar-refractivity contribution >= 4 is 34.5 Å². The van der Waals surface area contributed by atoms with Gasteiger partial charge in [-0.25, -0.2) is 9.18 Å². The van der Waals surface area contributed by atoms with Crippen molar-refractivity contribution in [3.05, 3.63) is 59.9 Å². The van der Waals surface area contributed by atoms with Crippen LogP contribution in [-0.4, -0.2) is 52.3 Å². The van der Waals surface area contributed by atoms with Crippen LogP contribution in [-0.2, 0) is 20.9 Å². The molecule has 0 aliphatic carbocycles. The highest BCUT2D eigenvalue weighted by Gasteiger charge is 2.35. The molecule has 8 nitrogen and oxygen atoms in total. The fraction of sp³-hybridized carbons (Fsp3) is 0.250. The van der Waals surface area contributed by atoms with E-state index in [1.807, 2.05) is 36.4 Å². The number of nitrogens with one attached hydrogen (secondary N) is 1. The van der Waals surface area contributed by atoms with E-state index in [0.717, 1.165) is 27.7 Å². The van der Waals surface area contributed by atoms with E-state index in [0.29, 0.717) is 5.56 Å². The molecule has 1 aromatic heterocycles. The third-order valence-electron chi connectivity index (χ3n) is 5.78. The van der Waals surface area contributed by atoms with Gasteiger partial charge < -0.3 is 19.7 Å². The summed E-state index contributed by atoms with van der Waals surface area (Å²) in [5.74, 6) is -3.49. The third kappa shape index (κ3) is 4.21. The van der Waals surface area contributed by atoms with Crippen molar-refractivity contribution in [1.82, 2.24) is 10.2 Å². The van der Waals surface area contributed by atoms with E-state index in [-0.39, 0.29) is 12.5 Å². The first-order valence-corrected chi connectivity index (χ1v) is 10.3. The van der Waals surface area contributed by atoms with Crippen molar-refractivity contribution in [2.45, 2.75) is 32.0 Å². The summed E-state index contributed by atoms with van der Waals surface area (Å²) in [4.78, 5) is 49.7. The number of fused-ring (bicyclic) bond motifs is 2. The van der Waals surface area contributed by atoms with E-state index in [1.165, 1.54) is 11.8 Å². The molecule has 4 rings (SSSR count). The molecule has 33 heavy (non-hydrogen) atoms. The number of carboxylic acids is 1. The van der Waals surface area contributed by atoms with Gasteiger partial charge >= 0.3 is 5.97 Å². The zero-order valence-corrected chi connectivity index (χ0v) is 17.7. The Labute approximate surface area is 188 Å². The Morgan fingerprint density at radius 3 is 2.67 bits per heavy atom. The highest BCUT2D eigenvalue weighted by atomic mass is 19.1. The number of benzene rings is 2. The minimum atomic E-state index is -1.57. The maximum atomic E-state index is 13.1. The lowest BCUT2D eigenvalue weighted by Gasteiger charge is -2.25. The summed E-state index contributed by atoms with van der Waals surface area (Å²) >= 11 is 0. The van der Waals surface area contributed by atoms with Gasteiger partial charge in [-0.15, -0.1) is 0 Å². The molecule has 1 aliphatic rings. The number of hydrogen-bond donors (Lipinski definition) is 2. The number of carboxylic acid groups (broad SMARTS) is 1. The molecule has 2 N–H and O–H groups in total. The van der Waals surface area contributed by atoms with Gasteiger partial charge in [0.15, 0.2) is 5.78 Å². The van der Waals surface area contributed by atoms with Crippen LogP contribution in [0.15, 0.2) is 53.1 Å². The van der Waals surface area contributed by atoms with Gasteiger partial charge in [-0.05, 0) is 30.2 Å². The zero-order chi connectivity index (χ0) is 23.7. The molecule has 2 amide bonds. The number of hydrogen-bond acceptors (Lipinski definition) is 5. The molecule has 0 spiro atoms. The van der Waals surface area contributed by atoms with E-state index < -0.39 is 42.8 Å². The summed E-state index contributed by atoms with van der Waals surface area (Å²) in [5.41, 5.74) is 3.54. The number of halogens is 1. The molecule has 2 heterocycles. The van der Waals surface area contributed by atoms with Crippen LogP contribution in [0.1, 0.15) is 29.3 Å². The van der Waals surface area contributed by atoms with Gasteiger partial charge in [-0.2, -0.15) is 0 Å². The molecule has 0 saturated heterocycles. The Morgan fingerprint density at radius 2 is 1.94 bits per heavy atom. The second-order valence-corrected chi connectivity index (χ2v) is 7.90. The van der Waals surface area contributed by atoms with Crippen molar-refractivity contribution in [2.75, 3.05) is 6.67 Å². The van der Waals surface area contributed by atoms with Crippen LogP contribution in [0.25, 0.3) is 22.1 Å². The molecule has 0 bridgehead atoms. The van der Waals surface area contributed by atoms with Gasteiger partial charge in [0.25, 0.3) is 5.91 Å². The number of aliphatic carboxylic acids is 1. The minimum Gasteiger partial charge on any atom is -0.480 e. The van der Waals surface area contributed by atoms with E-state index >= 15 is 0 Å². The van der Waals surface area contributed by atoms with Crippen LogP contribution in [0.3, 0.4) is 0 Å². The number of rotatable bonds is 8. The predicted molar refractivity (Wildman–Crippen MR) is 116 cm³/mol. The second-order valence-electron chi connectivity index (χ2n) is 7.90. The summed E-state index contributed by atoms with van der Waals surface area (Å²) in [6.45, 7) is 0.333. The average Bonchev–Trinajstić information content (AvgIpc) is 3.38. The second kappa shape index (κ2) is 8.85. The highest BCUT2D eigenvalue weighted by molar-refractivity contribution is 6.03. The fourth-order valence-electron chi connectivity index (χ4n) is 3.92. The number of carbonyl (C=O) groups excluding carboxylic acids is 3. The van der Waals surface area contributed by atoms with Crippen molar-refractivity contribution in [2.24, 2.45) is 0 Å². The monoisotopic (exact) mass is 452 g/mol. The summed E-state index contributed by atoms with van der Waals surface area (Å²) in [5, 5.41) is 12.4. The Kier molecular flexibility index (Phi) is 5.95. The average molecular weight is 452 g/mol. The molecule has 2 atom stereocenters. The van der Waals surface area contributed by atoms with Crippen molar-refractivity contribution in [1.29, 1.82) is 0 Å². The van der Waals surface area contributed by atoms with Gasteiger partial charge in [0.05, 0.1) is 6.26 Å². The Balaban J connectivity index is 1.53. The molecule has 0 saturated carbocycles. The maximum absolute atomic E-state index is 13.1. The third-order valence-corrected chi connectivity index (χ3v) is 5.78. The van der Waals surface area contributed by atoms with Crippen LogP contribution in [0.2, 0.25) is 0 Å². The molecule has 2 unspecified atom stereocenters. The molecule has 0 fully saturated rings. The van der Waals surface area contributed by atoms with Crippen LogP contribution < -0.4 is 5.32 Å². The first-order chi connectivity index (χ1) is 15.8. The molecule has 0 radical (unpaired) electrons. The minimum absolute atomic E-state index is 0.177. The van der Waals surface area contributed by atoms with Gasteiger partial charge in [0, 0.05) is 29.5 Å². The van der Waals surface area contributed by atoms with Gasteiger partial charge in [-0.1, -0.05) is 30.3 Å². The zero-order valence-electron chi connectivity index (χ0n) is 17.7. The molecular formula is C24H21FN2O6. The number of alkyl halides is 1. The summed E-state index contributed by atoms with van der Waals surface area (Å²) < 4.78 is 18.1. The molecule has 170 valence electrons. The van der Waals surface area contributed by atoms with Gasteiger partial charge in [0.1, 0.15) is 24.3 Å². The van der Waals surface area contributed by atoms with Crippen LogP contribution in [0.5, 0.6) is 0 Å². The summed E-state index contributed by atoms with van der Waals surface area (Å²) in [6.07, 6.45) is 0.963. The van der Waals surface area contributed by atoms with Crippen molar-refractivity contribution in [3.8, 4) is 11.1 Å². The lowest BCUT2D eigenvalue weighted by atomic mass is 10.00. The number of ketones is 1. The summed E-state index contributed by atoms with van der Waals surface area (Å²) in [6, 6.07) is 10.4. The predicted octanol–water partition coefficient (Wildman–Crippen LogP) is 2.94. The number of amides is 2. The van der Waals surface area contributed by atoms with Crippen LogP contribution in [0, 0.1) is 0 Å². The Bertz CT molecular complexity index is 1270. The largest absolute Gasteiger partial charge is 0.480 e. The number of furan rings is 1. The highest BCUT2D eigenvalue weighted by Crippen LogP contribution is 2.34. The maximum Gasteiger partial charge on any atom is 0.326 e. The number of carbonyl (C=O) groups is 4. The van der Waals surface area contributed by atoms with E-state index in [1.54, 1.807) is 12.3 Å². The SMILES string of the molecule is CC(C(=O)NC(CC(=O)CF)C(=O)O)N1Cc2ccc(-c3coc4ccccc34)cc2C1=O. The van der Waals surface area contributed by atoms with Gasteiger partial charge in [0.2, 0.25) is 5.91 Å². The van der Waals surface area contributed by atoms with E-state index in [2.05, 4.69) is 5.32 Å². The summed E-state index contributed by atoms with van der Waals surface area (Å²) in [7, 11) is 0. The van der Waals surface area contributed by atoms with E-state index in [9.17, 15) is 28.7 Å². The molecule has 3 aromatic rings. The first-order valence-electron chi connectivity index (χ1n) is 10.3. The number of nitrogens with zero attached hydrogens (tertiary/aromatic N) is 1. The normalized spacial score (nSPS) is 14.7. The standard InChI is InChI=1S/C24H21FN2O6/c1-13(22(29)26-20(24(31)32)9-16(28)10-25)27-11-15-7-6-14(8-18(15)23(27)30)19-12-33-21-5-3-2-4-17(19)21/h2-8,12-13,20H,9-11H2,1H3,(H,26,29)(H,31,32). The van der Waals surface area contributed by atoms with Crippen molar-refractivity contribution in [3.63, 3.8) is 0 Å². The lowest BCUT2D eigenvalue weighted by Crippen LogP contribution is -2.51. The topological polar surface area (TPSA) is 117 Å². The molecule has 2 aromatic carbocycles. The Hall–Kier alpha value is -4.01. The fourth-order valence-corrected chi connectivity index (χ4v) is 3.92. The quantitative estimate of drug-likeness (QED) is 0.543. The van der Waals surface area contributed by atoms with E-state index in [4.69, 9.17) is 4.42 Å². The van der Waals surface area contributed by atoms with Crippen molar-refractivity contribution < 1.29 is 33.1 Å². The number of Topliss-reactive ketones (excluding diaryl/α,β-unsaturated/α-hetero) is 1. The molecule has 9 heteroatoms. The van der Waals surface area contributed by atoms with Crippen LogP contribution >= 0.6 is 0 Å². The van der Waals surface area contributed by atoms with Crippen LogP contribution in [0.4, 0.5) is 4.39 Å². The number of para-hydroxylation sites is 1. The lowest BCUT2D eigenvalue weighted by molar-refractivity contribution is -0.144. The molecular weight excluding hydrogens is 431 g/mol.